The molecule has 3 N–H and O–H groups in total. The first-order valence-corrected chi connectivity index (χ1v) is 6.04. The Morgan fingerprint density at radius 2 is 2.29 bits per heavy atom. The fraction of sp³-hybridized carbons (Fsp3) is 0.143. The summed E-state index contributed by atoms with van der Waals surface area (Å²) in [6.07, 6.45) is 1.43. The van der Waals surface area contributed by atoms with Gasteiger partial charge in [0.15, 0.2) is 5.76 Å². The molecule has 0 aromatic carbocycles. The molecule has 0 spiro atoms. The van der Waals surface area contributed by atoms with Crippen LogP contribution in [0.1, 0.15) is 23.2 Å². The number of hydrogen-bond donors (Lipinski definition) is 2. The molecule has 0 aliphatic carbocycles. The van der Waals surface area contributed by atoms with E-state index in [1.54, 1.807) is 12.1 Å². The Morgan fingerprint density at radius 3 is 2.90 bits per heavy atom. The van der Waals surface area contributed by atoms with Crippen LogP contribution in [0.2, 0.25) is 0 Å². The largest absolute Gasteiger partial charge is 0.468 e. The van der Waals surface area contributed by atoms with Crippen LogP contribution in [0.25, 0.3) is 0 Å². The second-order valence-electron chi connectivity index (χ2n) is 4.37. The van der Waals surface area contributed by atoms with Gasteiger partial charge < -0.3 is 24.4 Å². The predicted molar refractivity (Wildman–Crippen MR) is 68.9 cm³/mol. The fourth-order valence-corrected chi connectivity index (χ4v) is 2.20. The van der Waals surface area contributed by atoms with E-state index in [0.717, 1.165) is 6.07 Å². The number of hydrogen-bond acceptors (Lipinski definition) is 7. The van der Waals surface area contributed by atoms with Gasteiger partial charge in [-0.05, 0) is 12.1 Å². The molecule has 0 saturated heterocycles. The molecule has 7 nitrogen and oxygen atoms in total. The van der Waals surface area contributed by atoms with Crippen molar-refractivity contribution in [2.24, 2.45) is 5.73 Å². The van der Waals surface area contributed by atoms with Crippen molar-refractivity contribution in [3.05, 3.63) is 63.4 Å². The van der Waals surface area contributed by atoms with Crippen molar-refractivity contribution >= 4 is 0 Å². The van der Waals surface area contributed by atoms with Crippen molar-refractivity contribution in [2.45, 2.75) is 12.5 Å². The van der Waals surface area contributed by atoms with E-state index in [-0.39, 0.29) is 28.7 Å². The zero-order valence-corrected chi connectivity index (χ0v) is 10.7. The van der Waals surface area contributed by atoms with Gasteiger partial charge in [-0.25, -0.2) is 0 Å². The molecule has 2 aromatic rings. The predicted octanol–water partition coefficient (Wildman–Crippen LogP) is 0.943. The summed E-state index contributed by atoms with van der Waals surface area (Å²) in [5, 5.41) is 18.4. The summed E-state index contributed by atoms with van der Waals surface area (Å²) < 4.78 is 16.0. The van der Waals surface area contributed by atoms with E-state index in [1.165, 1.54) is 6.26 Å². The molecule has 0 radical (unpaired) electrons. The SMILES string of the molecule is N#CC1=C(N)Oc2c(oc(CO)cc2=O)C1c1ccco1. The molecule has 0 amide bonds. The molecule has 3 rings (SSSR count). The third-order valence-electron chi connectivity index (χ3n) is 3.11. The van der Waals surface area contributed by atoms with Crippen LogP contribution >= 0.6 is 0 Å². The summed E-state index contributed by atoms with van der Waals surface area (Å²) in [6, 6.07) is 6.33. The Labute approximate surface area is 118 Å². The summed E-state index contributed by atoms with van der Waals surface area (Å²) in [6.45, 7) is -0.450. The molecular weight excluding hydrogens is 276 g/mol. The van der Waals surface area contributed by atoms with Crippen molar-refractivity contribution in [3.63, 3.8) is 0 Å². The van der Waals surface area contributed by atoms with Crippen molar-refractivity contribution in [1.82, 2.24) is 0 Å². The highest BCUT2D eigenvalue weighted by Gasteiger charge is 2.36. The Balaban J connectivity index is 2.30. The van der Waals surface area contributed by atoms with Crippen LogP contribution in [0.15, 0.2) is 49.5 Å². The van der Waals surface area contributed by atoms with Gasteiger partial charge in [-0.15, -0.1) is 0 Å². The topological polar surface area (TPSA) is 123 Å². The van der Waals surface area contributed by atoms with Gasteiger partial charge >= 0.3 is 0 Å². The first kappa shape index (κ1) is 13.0. The summed E-state index contributed by atoms with van der Waals surface area (Å²) >= 11 is 0. The zero-order chi connectivity index (χ0) is 15.0. The lowest BCUT2D eigenvalue weighted by Crippen LogP contribution is -2.25. The van der Waals surface area contributed by atoms with E-state index < -0.39 is 18.0 Å². The Hall–Kier alpha value is -2.98. The molecule has 1 aliphatic heterocycles. The van der Waals surface area contributed by atoms with Gasteiger partial charge in [0.25, 0.3) is 0 Å². The molecule has 1 atom stereocenters. The number of allylic oxidation sites excluding steroid dienone is 1. The minimum atomic E-state index is -0.784. The van der Waals surface area contributed by atoms with Crippen LogP contribution in [0.3, 0.4) is 0 Å². The van der Waals surface area contributed by atoms with E-state index in [9.17, 15) is 10.1 Å². The number of nitrogens with two attached hydrogens (primary N) is 1. The molecule has 7 heteroatoms. The van der Waals surface area contributed by atoms with Crippen molar-refractivity contribution in [2.75, 3.05) is 0 Å². The first-order chi connectivity index (χ1) is 10.2. The lowest BCUT2D eigenvalue weighted by Gasteiger charge is -2.22. The average molecular weight is 286 g/mol. The lowest BCUT2D eigenvalue weighted by molar-refractivity contribution is 0.230. The van der Waals surface area contributed by atoms with Crippen LogP contribution in [0, 0.1) is 11.3 Å². The quantitative estimate of drug-likeness (QED) is 0.842. The highest BCUT2D eigenvalue weighted by molar-refractivity contribution is 5.49. The molecule has 21 heavy (non-hydrogen) atoms. The van der Waals surface area contributed by atoms with Gasteiger partial charge in [0.05, 0.1) is 6.26 Å². The van der Waals surface area contributed by atoms with Crippen LogP contribution < -0.4 is 15.9 Å². The molecule has 3 heterocycles. The number of furan rings is 1. The molecule has 0 fully saturated rings. The number of rotatable bonds is 2. The number of aliphatic hydroxyl groups excluding tert-OH is 1. The highest BCUT2D eigenvalue weighted by atomic mass is 16.5. The number of aliphatic hydroxyl groups is 1. The summed E-state index contributed by atoms with van der Waals surface area (Å²) in [5.74, 6) is -0.519. The summed E-state index contributed by atoms with van der Waals surface area (Å²) in [5.41, 5.74) is 5.29. The molecule has 2 aromatic heterocycles. The van der Waals surface area contributed by atoms with Crippen molar-refractivity contribution < 1.29 is 18.7 Å². The van der Waals surface area contributed by atoms with Gasteiger partial charge in [0, 0.05) is 6.07 Å². The first-order valence-electron chi connectivity index (χ1n) is 6.04. The Kier molecular flexibility index (Phi) is 3.01. The number of nitrogens with zero attached hydrogens (tertiary/aromatic N) is 1. The van der Waals surface area contributed by atoms with Crippen LogP contribution in [-0.2, 0) is 6.61 Å². The lowest BCUT2D eigenvalue weighted by atomic mass is 9.92. The minimum Gasteiger partial charge on any atom is -0.468 e. The van der Waals surface area contributed by atoms with Crippen LogP contribution in [0.4, 0.5) is 0 Å². The van der Waals surface area contributed by atoms with Gasteiger partial charge in [-0.1, -0.05) is 0 Å². The third-order valence-corrected chi connectivity index (χ3v) is 3.11. The summed E-state index contributed by atoms with van der Waals surface area (Å²) in [7, 11) is 0. The van der Waals surface area contributed by atoms with Crippen LogP contribution in [0.5, 0.6) is 5.75 Å². The maximum atomic E-state index is 12.0. The zero-order valence-electron chi connectivity index (χ0n) is 10.7. The van der Waals surface area contributed by atoms with Gasteiger partial charge in [0.2, 0.25) is 17.1 Å². The Morgan fingerprint density at radius 1 is 1.48 bits per heavy atom. The van der Waals surface area contributed by atoms with E-state index in [0.29, 0.717) is 5.76 Å². The maximum absolute atomic E-state index is 12.0. The molecule has 0 saturated carbocycles. The molecule has 0 bridgehead atoms. The second kappa shape index (κ2) is 4.85. The molecule has 1 aliphatic rings. The van der Waals surface area contributed by atoms with E-state index in [2.05, 4.69) is 0 Å². The number of fused-ring (bicyclic) bond motifs is 1. The second-order valence-corrected chi connectivity index (χ2v) is 4.37. The third kappa shape index (κ3) is 1.98. The van der Waals surface area contributed by atoms with Crippen LogP contribution in [-0.4, -0.2) is 5.11 Å². The van der Waals surface area contributed by atoms with Gasteiger partial charge in [-0.3, -0.25) is 4.79 Å². The van der Waals surface area contributed by atoms with Gasteiger partial charge in [0.1, 0.15) is 35.7 Å². The fourth-order valence-electron chi connectivity index (χ4n) is 2.20. The van der Waals surface area contributed by atoms with E-state index in [4.69, 9.17) is 24.4 Å². The Bertz CT molecular complexity index is 811. The monoisotopic (exact) mass is 286 g/mol. The molecular formula is C14H10N2O5. The van der Waals surface area contributed by atoms with Crippen molar-refractivity contribution in [1.29, 1.82) is 5.26 Å². The van der Waals surface area contributed by atoms with E-state index >= 15 is 0 Å². The minimum absolute atomic E-state index is 0.0664. The standard InChI is InChI=1S/C14H10N2O5/c15-5-8-11(10-2-1-3-19-10)13-12(21-14(8)16)9(18)4-7(6-17)20-13/h1-4,11,17H,6,16H2. The van der Waals surface area contributed by atoms with E-state index in [1.807, 2.05) is 6.07 Å². The average Bonchev–Trinajstić information content (AvgIpc) is 3.00. The van der Waals surface area contributed by atoms with Crippen molar-refractivity contribution in [3.8, 4) is 11.8 Å². The number of nitriles is 1. The normalized spacial score (nSPS) is 17.0. The highest BCUT2D eigenvalue weighted by Crippen LogP contribution is 2.40. The molecule has 106 valence electrons. The number of ether oxygens (including phenoxy) is 1. The maximum Gasteiger partial charge on any atom is 0.228 e. The van der Waals surface area contributed by atoms with Gasteiger partial charge in [-0.2, -0.15) is 5.26 Å². The molecule has 1 unspecified atom stereocenters. The smallest absolute Gasteiger partial charge is 0.228 e. The summed E-state index contributed by atoms with van der Waals surface area (Å²) in [4.78, 5) is 12.0.